The van der Waals surface area contributed by atoms with Gasteiger partial charge in [-0.3, -0.25) is 0 Å². The third-order valence-corrected chi connectivity index (χ3v) is 7.63. The normalized spacial score (nSPS) is 17.4. The van der Waals surface area contributed by atoms with Gasteiger partial charge in [-0.25, -0.2) is 15.0 Å². The van der Waals surface area contributed by atoms with Crippen molar-refractivity contribution in [3.05, 3.63) is 22.9 Å². The molecule has 3 aromatic rings. The molecule has 2 aromatic heterocycles. The van der Waals surface area contributed by atoms with Crippen LogP contribution in [0.3, 0.4) is 0 Å². The summed E-state index contributed by atoms with van der Waals surface area (Å²) < 4.78 is 19.3. The van der Waals surface area contributed by atoms with Gasteiger partial charge in [0.25, 0.3) is 0 Å². The molecule has 2 N–H and O–H groups in total. The van der Waals surface area contributed by atoms with Gasteiger partial charge in [0, 0.05) is 35.2 Å². The van der Waals surface area contributed by atoms with E-state index >= 15 is 0 Å². The summed E-state index contributed by atoms with van der Waals surface area (Å²) in [5.74, 6) is 1.71. The number of nitrogens with zero attached hydrogens (tertiary/aromatic N) is 5. The average molecular weight is 505 g/mol. The van der Waals surface area contributed by atoms with Crippen molar-refractivity contribution in [1.29, 1.82) is 0 Å². The van der Waals surface area contributed by atoms with Gasteiger partial charge < -0.3 is 24.5 Å². The third-order valence-electron chi connectivity index (χ3n) is 5.66. The molecule has 162 valence electrons. The molecule has 4 heterocycles. The molecule has 2 radical (unpaired) electrons. The molecule has 1 unspecified atom stereocenters. The average Bonchev–Trinajstić information content (AvgIpc) is 3.37. The molecule has 1 aromatic carbocycles. The van der Waals surface area contributed by atoms with Crippen LogP contribution < -0.4 is 20.9 Å². The van der Waals surface area contributed by atoms with E-state index in [1.807, 2.05) is 16.7 Å². The quantitative estimate of drug-likeness (QED) is 0.542. The van der Waals surface area contributed by atoms with Crippen LogP contribution in [-0.4, -0.2) is 45.6 Å². The molecular weight excluding hydrogens is 484 g/mol. The fourth-order valence-corrected chi connectivity index (χ4v) is 5.43. The van der Waals surface area contributed by atoms with E-state index in [0.29, 0.717) is 40.3 Å². The van der Waals surface area contributed by atoms with Gasteiger partial charge in [-0.2, -0.15) is 0 Å². The molecule has 31 heavy (non-hydrogen) atoms. The van der Waals surface area contributed by atoms with E-state index in [0.717, 1.165) is 41.8 Å². The first kappa shape index (κ1) is 20.8. The lowest BCUT2D eigenvalue weighted by molar-refractivity contribution is 0.0570. The molecule has 0 amide bonds. The summed E-state index contributed by atoms with van der Waals surface area (Å²) >= 11 is 5.06. The first-order valence-electron chi connectivity index (χ1n) is 10.1. The van der Waals surface area contributed by atoms with Crippen molar-refractivity contribution >= 4 is 44.7 Å². The van der Waals surface area contributed by atoms with E-state index in [1.54, 1.807) is 0 Å². The number of hydrogen-bond acceptors (Lipinski definition) is 8. The Morgan fingerprint density at radius 1 is 1.23 bits per heavy atom. The Morgan fingerprint density at radius 2 is 2.00 bits per heavy atom. The second kappa shape index (κ2) is 8.81. The smallest absolute Gasteiger partial charge is 0.231 e. The zero-order valence-corrected chi connectivity index (χ0v) is 19.1. The lowest BCUT2D eigenvalue weighted by Gasteiger charge is -2.27. The largest absolute Gasteiger partial charge is 0.454 e. The zero-order valence-electron chi connectivity index (χ0n) is 16.7. The Bertz CT molecular complexity index is 1100. The first-order valence-corrected chi connectivity index (χ1v) is 11.7. The van der Waals surface area contributed by atoms with Crippen LogP contribution >= 0.6 is 27.7 Å². The highest BCUT2D eigenvalue weighted by Gasteiger charge is 2.24. The number of benzene rings is 1. The fourth-order valence-electron chi connectivity index (χ4n) is 3.92. The molecular formula is C20H21BrN6O3S. The molecule has 2 aliphatic heterocycles. The van der Waals surface area contributed by atoms with Crippen LogP contribution in [0.5, 0.6) is 11.5 Å². The van der Waals surface area contributed by atoms with Crippen LogP contribution in [-0.2, 0) is 11.3 Å². The van der Waals surface area contributed by atoms with Gasteiger partial charge >= 0.3 is 0 Å². The van der Waals surface area contributed by atoms with Gasteiger partial charge in [-0.05, 0) is 53.2 Å². The standard InChI is InChI=1S/C20H21BrN6O3S/c21-12-7-14-15(30-10-29-14)8-16(12)31-20-26-17-18(23)24-9-25-19(17)27(20)4-1-13(22)11-2-5-28-6-3-11/h7-9,11,13H,1-6,10,22H2. The highest BCUT2D eigenvalue weighted by Crippen LogP contribution is 2.43. The Kier molecular flexibility index (Phi) is 5.91. The van der Waals surface area contributed by atoms with E-state index in [2.05, 4.69) is 30.9 Å². The van der Waals surface area contributed by atoms with Crippen LogP contribution in [0.2, 0.25) is 0 Å². The van der Waals surface area contributed by atoms with Gasteiger partial charge in [-0.1, -0.05) is 11.8 Å². The van der Waals surface area contributed by atoms with E-state index in [1.165, 1.54) is 18.1 Å². The first-order chi connectivity index (χ1) is 15.1. The minimum Gasteiger partial charge on any atom is -0.454 e. The Hall–Kier alpha value is -2.08. The molecule has 0 bridgehead atoms. The highest BCUT2D eigenvalue weighted by molar-refractivity contribution is 9.10. The Balaban J connectivity index is 1.44. The molecule has 0 aliphatic carbocycles. The Labute approximate surface area is 192 Å². The van der Waals surface area contributed by atoms with Gasteiger partial charge in [0.2, 0.25) is 12.6 Å². The van der Waals surface area contributed by atoms with Gasteiger partial charge in [-0.15, -0.1) is 5.73 Å². The van der Waals surface area contributed by atoms with Crippen LogP contribution in [0, 0.1) is 5.92 Å². The number of nitrogens with two attached hydrogens (primary N) is 1. The van der Waals surface area contributed by atoms with E-state index in [9.17, 15) is 5.73 Å². The molecule has 9 nitrogen and oxygen atoms in total. The van der Waals surface area contributed by atoms with Crippen molar-refractivity contribution in [3.8, 4) is 11.5 Å². The number of rotatable bonds is 6. The van der Waals surface area contributed by atoms with E-state index in [4.69, 9.17) is 19.9 Å². The maximum atomic E-state index is 10.2. The summed E-state index contributed by atoms with van der Waals surface area (Å²) in [5.41, 5.74) is 17.7. The summed E-state index contributed by atoms with van der Waals surface area (Å²) in [5, 5.41) is 0.699. The van der Waals surface area contributed by atoms with Gasteiger partial charge in [0.05, 0.1) is 0 Å². The number of halogens is 1. The maximum Gasteiger partial charge on any atom is 0.231 e. The lowest BCUT2D eigenvalue weighted by Crippen LogP contribution is -2.35. The minimum absolute atomic E-state index is 0.0620. The number of ether oxygens (including phenoxy) is 3. The summed E-state index contributed by atoms with van der Waals surface area (Å²) in [6, 6.07) is 3.86. The fraction of sp³-hybridized carbons (Fsp3) is 0.450. The van der Waals surface area contributed by atoms with Crippen molar-refractivity contribution in [2.75, 3.05) is 20.0 Å². The molecule has 5 rings (SSSR count). The molecule has 0 saturated carbocycles. The number of imidazole rings is 1. The van der Waals surface area contributed by atoms with Gasteiger partial charge in [0.1, 0.15) is 6.33 Å². The topological polar surface area (TPSA) is 120 Å². The second-order valence-corrected chi connectivity index (χ2v) is 9.42. The van der Waals surface area contributed by atoms with Crippen LogP contribution in [0.4, 0.5) is 5.82 Å². The monoisotopic (exact) mass is 504 g/mol. The predicted octanol–water partition coefficient (Wildman–Crippen LogP) is 3.31. The maximum absolute atomic E-state index is 10.2. The number of fused-ring (bicyclic) bond motifs is 2. The predicted molar refractivity (Wildman–Crippen MR) is 118 cm³/mol. The highest BCUT2D eigenvalue weighted by atomic mass is 79.9. The number of hydrogen-bond donors (Lipinski definition) is 1. The van der Waals surface area contributed by atoms with Crippen LogP contribution in [0.15, 0.2) is 33.0 Å². The third kappa shape index (κ3) is 4.19. The van der Waals surface area contributed by atoms with Crippen molar-refractivity contribution in [2.45, 2.75) is 41.9 Å². The molecule has 1 atom stereocenters. The lowest BCUT2D eigenvalue weighted by atomic mass is 9.90. The van der Waals surface area contributed by atoms with Crippen molar-refractivity contribution < 1.29 is 14.2 Å². The molecule has 1 saturated heterocycles. The van der Waals surface area contributed by atoms with E-state index in [-0.39, 0.29) is 18.7 Å². The van der Waals surface area contributed by atoms with Crippen molar-refractivity contribution in [3.63, 3.8) is 0 Å². The van der Waals surface area contributed by atoms with Crippen molar-refractivity contribution in [1.82, 2.24) is 25.3 Å². The summed E-state index contributed by atoms with van der Waals surface area (Å²) in [6.45, 7) is 2.39. The van der Waals surface area contributed by atoms with E-state index < -0.39 is 0 Å². The minimum atomic E-state index is -0.135. The molecule has 2 aliphatic rings. The molecule has 1 fully saturated rings. The zero-order chi connectivity index (χ0) is 21.4. The number of aryl methyl sites for hydroxylation is 1. The number of aromatic nitrogens is 4. The Morgan fingerprint density at radius 3 is 2.81 bits per heavy atom. The summed E-state index contributed by atoms with van der Waals surface area (Å²) in [4.78, 5) is 13.8. The molecule has 11 heteroatoms. The summed E-state index contributed by atoms with van der Waals surface area (Å²) in [7, 11) is 0. The second-order valence-electron chi connectivity index (χ2n) is 7.56. The van der Waals surface area contributed by atoms with Crippen LogP contribution in [0.1, 0.15) is 19.3 Å². The van der Waals surface area contributed by atoms with Gasteiger partial charge in [0.15, 0.2) is 27.8 Å². The van der Waals surface area contributed by atoms with Crippen LogP contribution in [0.25, 0.3) is 11.2 Å². The SMILES string of the molecule is [N]c1ncnc2c1nc(Sc1cc3c(cc1Br)OCO3)n2CCC(N)C1CCOCC1. The molecule has 0 spiro atoms. The van der Waals surface area contributed by atoms with Crippen molar-refractivity contribution in [2.24, 2.45) is 11.7 Å². The summed E-state index contributed by atoms with van der Waals surface area (Å²) in [6.07, 6.45) is 4.09.